The number of rotatable bonds is 1. The molecule has 1 saturated heterocycles. The minimum atomic E-state index is -0.424. The van der Waals surface area contributed by atoms with Gasteiger partial charge in [0.25, 0.3) is 0 Å². The van der Waals surface area contributed by atoms with Crippen molar-refractivity contribution in [2.45, 2.75) is 11.8 Å². The van der Waals surface area contributed by atoms with Crippen LogP contribution >= 0.6 is 12.4 Å². The maximum atomic E-state index is 8.52. The van der Waals surface area contributed by atoms with Crippen molar-refractivity contribution >= 4 is 23.2 Å². The van der Waals surface area contributed by atoms with Crippen LogP contribution in [-0.4, -0.2) is 13.1 Å². The van der Waals surface area contributed by atoms with E-state index in [1.165, 1.54) is 0 Å². The number of fused-ring (bicyclic) bond motifs is 2. The molecule has 1 aliphatic carbocycles. The molecule has 2 heteroatoms. The number of halogens is 1. The summed E-state index contributed by atoms with van der Waals surface area (Å²) in [5.74, 6) is 0.350. The van der Waals surface area contributed by atoms with E-state index < -0.39 is 12.1 Å². The van der Waals surface area contributed by atoms with Crippen LogP contribution in [0, 0.1) is 5.92 Å². The fraction of sp³-hybridized carbons (Fsp3) is 0.333. The van der Waals surface area contributed by atoms with Gasteiger partial charge in [0.15, 0.2) is 0 Å². The fourth-order valence-corrected chi connectivity index (χ4v) is 2.76. The lowest BCUT2D eigenvalue weighted by atomic mass is 9.93. The van der Waals surface area contributed by atoms with Crippen molar-refractivity contribution in [2.75, 3.05) is 13.1 Å². The summed E-state index contributed by atoms with van der Waals surface area (Å²) in [5.41, 5.74) is 0.157. The van der Waals surface area contributed by atoms with Gasteiger partial charge in [-0.05, 0) is 35.2 Å². The molecule has 1 heterocycles. The van der Waals surface area contributed by atoms with Gasteiger partial charge in [0, 0.05) is 12.0 Å². The van der Waals surface area contributed by atoms with E-state index in [0.717, 1.165) is 13.0 Å². The molecular weight excluding hydrogens is 230 g/mol. The second-order valence-corrected chi connectivity index (χ2v) is 4.69. The van der Waals surface area contributed by atoms with Gasteiger partial charge in [-0.25, -0.2) is 0 Å². The van der Waals surface area contributed by atoms with E-state index in [1.807, 2.05) is 0 Å². The molecule has 2 aromatic carbocycles. The molecule has 1 N–H and O–H groups in total. The monoisotopic (exact) mass is 252 g/mol. The Morgan fingerprint density at radius 2 is 2.00 bits per heavy atom. The van der Waals surface area contributed by atoms with Crippen LogP contribution in [0.5, 0.6) is 0 Å². The molecule has 0 bridgehead atoms. The zero-order chi connectivity index (χ0) is 16.7. The second kappa shape index (κ2) is 3.72. The summed E-state index contributed by atoms with van der Waals surface area (Å²) >= 11 is 0. The second-order valence-electron chi connectivity index (χ2n) is 4.69. The van der Waals surface area contributed by atoms with Gasteiger partial charge in [-0.15, -0.1) is 12.4 Å². The highest BCUT2D eigenvalue weighted by molar-refractivity contribution is 5.85. The highest BCUT2D eigenvalue weighted by atomic mass is 35.5. The number of hydrogen-bond acceptors (Lipinski definition) is 1. The first-order valence-electron chi connectivity index (χ1n) is 9.02. The van der Waals surface area contributed by atoms with Crippen molar-refractivity contribution in [1.29, 1.82) is 0 Å². The van der Waals surface area contributed by atoms with Crippen molar-refractivity contribution in [1.82, 2.24) is 5.32 Å². The molecule has 4 rings (SSSR count). The van der Waals surface area contributed by atoms with Crippen LogP contribution in [0.2, 0.25) is 0 Å². The van der Waals surface area contributed by atoms with Gasteiger partial charge in [-0.2, -0.15) is 0 Å². The predicted molar refractivity (Wildman–Crippen MR) is 73.9 cm³/mol. The summed E-state index contributed by atoms with van der Waals surface area (Å²) in [7, 11) is 0. The standard InChI is InChI=1S/C15H15N.ClH/c1-2-4-12-7-13(6-5-11(12)3-1)15-8-14(15)9-16-10-15;/h1-7,14,16H,8-10H2;1H/t14-,15+;/m1./s1/i1D,2D,3D,4D,5D,6D,7D;. The first-order valence-corrected chi connectivity index (χ1v) is 5.52. The van der Waals surface area contributed by atoms with Crippen LogP contribution in [0.4, 0.5) is 0 Å². The Morgan fingerprint density at radius 3 is 2.71 bits per heavy atom. The molecule has 0 aromatic heterocycles. The number of hydrogen-bond donors (Lipinski definition) is 1. The van der Waals surface area contributed by atoms with Gasteiger partial charge in [0.1, 0.15) is 0 Å². The van der Waals surface area contributed by atoms with Crippen molar-refractivity contribution in [3.8, 4) is 0 Å². The van der Waals surface area contributed by atoms with E-state index in [1.54, 1.807) is 0 Å². The first kappa shape index (κ1) is 5.73. The summed E-state index contributed by atoms with van der Waals surface area (Å²) in [6, 6.07) is -1.74. The molecule has 2 fully saturated rings. The Labute approximate surface area is 117 Å². The molecule has 2 atom stereocenters. The lowest BCUT2D eigenvalue weighted by Gasteiger charge is -2.13. The summed E-state index contributed by atoms with van der Waals surface area (Å²) < 4.78 is 56.8. The Kier molecular flexibility index (Phi) is 1.25. The van der Waals surface area contributed by atoms with E-state index in [-0.39, 0.29) is 58.8 Å². The highest BCUT2D eigenvalue weighted by Crippen LogP contribution is 2.56. The molecule has 17 heavy (non-hydrogen) atoms. The summed E-state index contributed by atoms with van der Waals surface area (Å²) in [6.45, 7) is 1.49. The Hall–Kier alpha value is -1.05. The van der Waals surface area contributed by atoms with Crippen molar-refractivity contribution in [2.24, 2.45) is 5.92 Å². The number of nitrogens with one attached hydrogen (secondary N) is 1. The zero-order valence-corrected chi connectivity index (χ0v) is 9.92. The number of benzene rings is 2. The molecule has 0 spiro atoms. The topological polar surface area (TPSA) is 12.0 Å². The lowest BCUT2D eigenvalue weighted by molar-refractivity contribution is 0.676. The van der Waals surface area contributed by atoms with E-state index in [0.29, 0.717) is 18.0 Å². The molecule has 1 nitrogen and oxygen atoms in total. The fourth-order valence-electron chi connectivity index (χ4n) is 2.76. The van der Waals surface area contributed by atoms with Crippen LogP contribution < -0.4 is 5.32 Å². The maximum Gasteiger partial charge on any atom is 0.0632 e. The first-order chi connectivity index (χ1) is 10.8. The minimum absolute atomic E-state index is 0. The quantitative estimate of drug-likeness (QED) is 0.822. The van der Waals surface area contributed by atoms with Gasteiger partial charge < -0.3 is 5.32 Å². The number of piperidine rings is 1. The molecule has 1 saturated carbocycles. The van der Waals surface area contributed by atoms with Gasteiger partial charge in [0.2, 0.25) is 0 Å². The normalized spacial score (nSPS) is 35.5. The summed E-state index contributed by atoms with van der Waals surface area (Å²) in [5, 5.41) is 3.30. The van der Waals surface area contributed by atoms with Crippen LogP contribution in [-0.2, 0) is 5.41 Å². The molecule has 0 amide bonds. The van der Waals surface area contributed by atoms with Crippen LogP contribution in [0.3, 0.4) is 0 Å². The van der Waals surface area contributed by atoms with Crippen LogP contribution in [0.25, 0.3) is 10.8 Å². The van der Waals surface area contributed by atoms with Crippen LogP contribution in [0.1, 0.15) is 21.6 Å². The minimum Gasteiger partial charge on any atom is -0.316 e. The third kappa shape index (κ3) is 1.50. The van der Waals surface area contributed by atoms with Crippen molar-refractivity contribution in [3.63, 3.8) is 0 Å². The van der Waals surface area contributed by atoms with Gasteiger partial charge in [-0.3, -0.25) is 0 Å². The van der Waals surface area contributed by atoms with Gasteiger partial charge >= 0.3 is 0 Å². The zero-order valence-electron chi connectivity index (χ0n) is 16.1. The Balaban J connectivity index is 0.00000169. The molecule has 2 aliphatic rings. The summed E-state index contributed by atoms with van der Waals surface area (Å²) in [4.78, 5) is 0. The van der Waals surface area contributed by atoms with Gasteiger partial charge in [-0.1, -0.05) is 42.3 Å². The molecule has 0 unspecified atom stereocenters. The van der Waals surface area contributed by atoms with Crippen molar-refractivity contribution < 1.29 is 9.60 Å². The van der Waals surface area contributed by atoms with E-state index in [2.05, 4.69) is 5.32 Å². The molecule has 0 radical (unpaired) electrons. The molecule has 1 aliphatic heterocycles. The Bertz CT molecular complexity index is 885. The smallest absolute Gasteiger partial charge is 0.0632 e. The predicted octanol–water partition coefficient (Wildman–Crippen LogP) is 3.12. The van der Waals surface area contributed by atoms with E-state index in [9.17, 15) is 0 Å². The largest absolute Gasteiger partial charge is 0.316 e. The third-order valence-electron chi connectivity index (χ3n) is 3.81. The Morgan fingerprint density at radius 1 is 1.18 bits per heavy atom. The lowest BCUT2D eigenvalue weighted by Crippen LogP contribution is -2.19. The summed E-state index contributed by atoms with van der Waals surface area (Å²) in [6.07, 6.45) is 0.869. The maximum absolute atomic E-state index is 8.52. The SMILES string of the molecule is Cl.[2H]c1c([2H])c([2H])c2c([2H])c([C@]34CNC[C@H]3C4)c([2H])c([2H])c2c1[2H]. The van der Waals surface area contributed by atoms with E-state index >= 15 is 0 Å². The highest BCUT2D eigenvalue weighted by Gasteiger charge is 2.57. The van der Waals surface area contributed by atoms with Crippen molar-refractivity contribution in [3.05, 3.63) is 47.9 Å². The van der Waals surface area contributed by atoms with E-state index in [4.69, 9.17) is 9.60 Å². The average Bonchev–Trinajstić information content (AvgIpc) is 3.07. The molecule has 2 aromatic rings. The molecule has 88 valence electrons. The average molecular weight is 253 g/mol. The van der Waals surface area contributed by atoms with Crippen LogP contribution in [0.15, 0.2) is 42.3 Å². The van der Waals surface area contributed by atoms with Gasteiger partial charge in [0.05, 0.1) is 9.60 Å². The third-order valence-corrected chi connectivity index (χ3v) is 3.81. The molecular formula is C15H16ClN.